The Hall–Kier alpha value is -0.970. The molecule has 0 unspecified atom stereocenters. The van der Waals surface area contributed by atoms with Crippen LogP contribution in [0, 0.1) is 0 Å². The topological polar surface area (TPSA) is 54.9 Å². The lowest BCUT2D eigenvalue weighted by Crippen LogP contribution is -2.10. The van der Waals surface area contributed by atoms with Crippen LogP contribution >= 0.6 is 11.3 Å². The fourth-order valence-electron chi connectivity index (χ4n) is 1.14. The van der Waals surface area contributed by atoms with Gasteiger partial charge in [-0.3, -0.25) is 4.79 Å². The molecule has 15 heavy (non-hydrogen) atoms. The predicted octanol–water partition coefficient (Wildman–Crippen LogP) is 2.62. The second kappa shape index (κ2) is 6.50. The summed E-state index contributed by atoms with van der Waals surface area (Å²) in [6.07, 6.45) is 4.51. The number of nitrogens with one attached hydrogen (secondary N) is 1. The summed E-state index contributed by atoms with van der Waals surface area (Å²) in [5.74, 6) is 0.0380. The molecular formula is C10H17N3OS. The molecule has 1 rings (SSSR count). The molecule has 0 saturated heterocycles. The van der Waals surface area contributed by atoms with Gasteiger partial charge in [-0.05, 0) is 12.8 Å². The van der Waals surface area contributed by atoms with Crippen LogP contribution in [0.25, 0.3) is 0 Å². The van der Waals surface area contributed by atoms with Crippen molar-refractivity contribution in [3.05, 3.63) is 5.01 Å². The van der Waals surface area contributed by atoms with E-state index in [1.165, 1.54) is 11.3 Å². The summed E-state index contributed by atoms with van der Waals surface area (Å²) in [5.41, 5.74) is 0. The van der Waals surface area contributed by atoms with Crippen LogP contribution in [-0.4, -0.2) is 16.1 Å². The number of carbonyl (C=O) groups excluding carboxylic acids is 1. The van der Waals surface area contributed by atoms with Crippen molar-refractivity contribution in [2.24, 2.45) is 0 Å². The van der Waals surface area contributed by atoms with Crippen molar-refractivity contribution in [3.8, 4) is 0 Å². The fourth-order valence-corrected chi connectivity index (χ4v) is 2.00. The molecule has 4 nitrogen and oxygen atoms in total. The van der Waals surface area contributed by atoms with Gasteiger partial charge in [0, 0.05) is 12.8 Å². The van der Waals surface area contributed by atoms with E-state index in [0.29, 0.717) is 11.6 Å². The maximum atomic E-state index is 11.4. The Morgan fingerprint density at radius 3 is 2.80 bits per heavy atom. The average molecular weight is 227 g/mol. The van der Waals surface area contributed by atoms with Crippen molar-refractivity contribution in [3.63, 3.8) is 0 Å². The Labute approximate surface area is 94.1 Å². The lowest BCUT2D eigenvalue weighted by atomic mass is 10.2. The number of rotatable bonds is 6. The molecule has 1 heterocycles. The number of amides is 1. The van der Waals surface area contributed by atoms with E-state index < -0.39 is 0 Å². The smallest absolute Gasteiger partial charge is 0.226 e. The molecule has 1 amide bonds. The van der Waals surface area contributed by atoms with Crippen LogP contribution in [0.1, 0.15) is 44.5 Å². The summed E-state index contributed by atoms with van der Waals surface area (Å²) in [6.45, 7) is 4.17. The third kappa shape index (κ3) is 4.38. The lowest BCUT2D eigenvalue weighted by molar-refractivity contribution is -0.116. The van der Waals surface area contributed by atoms with Crippen LogP contribution in [0.4, 0.5) is 5.13 Å². The first-order valence-corrected chi connectivity index (χ1v) is 6.20. The molecule has 0 aromatic carbocycles. The van der Waals surface area contributed by atoms with E-state index in [-0.39, 0.29) is 5.91 Å². The molecule has 0 aliphatic rings. The Morgan fingerprint density at radius 2 is 2.13 bits per heavy atom. The first-order valence-electron chi connectivity index (χ1n) is 5.38. The van der Waals surface area contributed by atoms with Gasteiger partial charge in [-0.2, -0.15) is 0 Å². The SMILES string of the molecule is CCCCC(=O)Nc1nnc(CCC)s1. The molecule has 0 radical (unpaired) electrons. The summed E-state index contributed by atoms with van der Waals surface area (Å²) < 4.78 is 0. The largest absolute Gasteiger partial charge is 0.301 e. The minimum Gasteiger partial charge on any atom is -0.301 e. The minimum atomic E-state index is 0.0380. The third-order valence-electron chi connectivity index (χ3n) is 1.93. The molecule has 0 saturated carbocycles. The van der Waals surface area contributed by atoms with Crippen molar-refractivity contribution in [2.45, 2.75) is 46.0 Å². The fraction of sp³-hybridized carbons (Fsp3) is 0.700. The van der Waals surface area contributed by atoms with Gasteiger partial charge in [0.1, 0.15) is 5.01 Å². The predicted molar refractivity (Wildman–Crippen MR) is 62.1 cm³/mol. The molecule has 0 atom stereocenters. The highest BCUT2D eigenvalue weighted by Crippen LogP contribution is 2.16. The Bertz CT molecular complexity index is 311. The van der Waals surface area contributed by atoms with Crippen molar-refractivity contribution in [1.82, 2.24) is 10.2 Å². The van der Waals surface area contributed by atoms with Crippen molar-refractivity contribution >= 4 is 22.4 Å². The summed E-state index contributed by atoms with van der Waals surface area (Å²) in [5, 5.41) is 12.3. The Balaban J connectivity index is 2.39. The monoisotopic (exact) mass is 227 g/mol. The highest BCUT2D eigenvalue weighted by Gasteiger charge is 2.06. The van der Waals surface area contributed by atoms with Crippen LogP contribution < -0.4 is 5.32 Å². The first-order chi connectivity index (χ1) is 7.26. The Morgan fingerprint density at radius 1 is 1.33 bits per heavy atom. The van der Waals surface area contributed by atoms with Gasteiger partial charge in [0.15, 0.2) is 0 Å². The number of carbonyl (C=O) groups is 1. The highest BCUT2D eigenvalue weighted by atomic mass is 32.1. The van der Waals surface area contributed by atoms with Crippen molar-refractivity contribution in [2.75, 3.05) is 5.32 Å². The summed E-state index contributed by atoms with van der Waals surface area (Å²) in [4.78, 5) is 11.4. The van der Waals surface area contributed by atoms with Gasteiger partial charge in [0.25, 0.3) is 0 Å². The Kier molecular flexibility index (Phi) is 5.25. The summed E-state index contributed by atoms with van der Waals surface area (Å²) in [7, 11) is 0. The highest BCUT2D eigenvalue weighted by molar-refractivity contribution is 7.15. The molecule has 0 spiro atoms. The maximum Gasteiger partial charge on any atom is 0.226 e. The van der Waals surface area contributed by atoms with E-state index in [0.717, 1.165) is 30.7 Å². The molecule has 1 aromatic rings. The summed E-state index contributed by atoms with van der Waals surface area (Å²) >= 11 is 1.47. The van der Waals surface area contributed by atoms with Crippen LogP contribution in [0.2, 0.25) is 0 Å². The zero-order valence-corrected chi connectivity index (χ0v) is 10.1. The third-order valence-corrected chi connectivity index (χ3v) is 2.83. The van der Waals surface area contributed by atoms with E-state index in [1.54, 1.807) is 0 Å². The molecule has 1 N–H and O–H groups in total. The standard InChI is InChI=1S/C10H17N3OS/c1-3-5-7-8(14)11-10-13-12-9(15-10)6-4-2/h3-7H2,1-2H3,(H,11,13,14). The molecule has 0 aliphatic carbocycles. The van der Waals surface area contributed by atoms with Gasteiger partial charge in [-0.1, -0.05) is 31.6 Å². The first kappa shape index (κ1) is 12.1. The number of aryl methyl sites for hydroxylation is 1. The second-order valence-electron chi connectivity index (χ2n) is 3.40. The van der Waals surface area contributed by atoms with E-state index in [9.17, 15) is 4.79 Å². The summed E-state index contributed by atoms with van der Waals surface area (Å²) in [6, 6.07) is 0. The molecular weight excluding hydrogens is 210 g/mol. The van der Waals surface area contributed by atoms with Crippen molar-refractivity contribution in [1.29, 1.82) is 0 Å². The number of nitrogens with zero attached hydrogens (tertiary/aromatic N) is 2. The van der Waals surface area contributed by atoms with Gasteiger partial charge in [0.2, 0.25) is 11.0 Å². The van der Waals surface area contributed by atoms with Gasteiger partial charge in [-0.25, -0.2) is 0 Å². The lowest BCUT2D eigenvalue weighted by Gasteiger charge is -1.98. The number of hydrogen-bond acceptors (Lipinski definition) is 4. The number of hydrogen-bond donors (Lipinski definition) is 1. The average Bonchev–Trinajstić information content (AvgIpc) is 2.63. The number of aromatic nitrogens is 2. The van der Waals surface area contributed by atoms with Gasteiger partial charge < -0.3 is 5.32 Å². The maximum absolute atomic E-state index is 11.4. The molecule has 84 valence electrons. The normalized spacial score (nSPS) is 10.3. The van der Waals surface area contributed by atoms with Crippen LogP contribution in [-0.2, 0) is 11.2 Å². The number of anilines is 1. The van der Waals surface area contributed by atoms with Crippen molar-refractivity contribution < 1.29 is 4.79 Å². The molecule has 0 bridgehead atoms. The van der Waals surface area contributed by atoms with E-state index >= 15 is 0 Å². The quantitative estimate of drug-likeness (QED) is 0.812. The molecule has 0 fully saturated rings. The zero-order chi connectivity index (χ0) is 11.1. The second-order valence-corrected chi connectivity index (χ2v) is 4.46. The molecule has 5 heteroatoms. The molecule has 1 aromatic heterocycles. The van der Waals surface area contributed by atoms with Crippen LogP contribution in [0.3, 0.4) is 0 Å². The van der Waals surface area contributed by atoms with Gasteiger partial charge in [-0.15, -0.1) is 10.2 Å². The van der Waals surface area contributed by atoms with Gasteiger partial charge >= 0.3 is 0 Å². The number of unbranched alkanes of at least 4 members (excludes halogenated alkanes) is 1. The van der Waals surface area contributed by atoms with Crippen LogP contribution in [0.15, 0.2) is 0 Å². The zero-order valence-electron chi connectivity index (χ0n) is 9.25. The minimum absolute atomic E-state index is 0.0380. The van der Waals surface area contributed by atoms with E-state index in [1.807, 2.05) is 0 Å². The van der Waals surface area contributed by atoms with E-state index in [4.69, 9.17) is 0 Å². The van der Waals surface area contributed by atoms with E-state index in [2.05, 4.69) is 29.4 Å². The van der Waals surface area contributed by atoms with Crippen LogP contribution in [0.5, 0.6) is 0 Å². The van der Waals surface area contributed by atoms with Gasteiger partial charge in [0.05, 0.1) is 0 Å². The molecule has 0 aliphatic heterocycles.